The molecule has 1 aliphatic carbocycles. The van der Waals surface area contributed by atoms with Gasteiger partial charge in [0.05, 0.1) is 12.9 Å². The molecule has 1 aromatic carbocycles. The molecule has 2 atom stereocenters. The average molecular weight is 315 g/mol. The minimum Gasteiger partial charge on any atom is -0.497 e. The number of ether oxygens (including phenoxy) is 1. The van der Waals surface area contributed by atoms with Crippen LogP contribution in [0.1, 0.15) is 23.6 Å². The predicted octanol–water partition coefficient (Wildman–Crippen LogP) is 1.79. The molecule has 0 aliphatic heterocycles. The van der Waals surface area contributed by atoms with Gasteiger partial charge in [0.15, 0.2) is 0 Å². The van der Waals surface area contributed by atoms with E-state index in [1.165, 1.54) is 11.8 Å². The smallest absolute Gasteiger partial charge is 0.148 e. The zero-order valence-electron chi connectivity index (χ0n) is 11.8. The lowest BCUT2D eigenvalue weighted by molar-refractivity contribution is 0.413. The fourth-order valence-electron chi connectivity index (χ4n) is 2.47. The summed E-state index contributed by atoms with van der Waals surface area (Å²) in [4.78, 5) is 0. The van der Waals surface area contributed by atoms with Crippen molar-refractivity contribution in [2.24, 2.45) is 5.73 Å². The molecule has 112 valence electrons. The van der Waals surface area contributed by atoms with E-state index in [-0.39, 0.29) is 17.0 Å². The summed E-state index contributed by atoms with van der Waals surface area (Å²) in [7, 11) is -1.23. The number of hydrogen-bond donors (Lipinski definition) is 1. The van der Waals surface area contributed by atoms with E-state index in [1.54, 1.807) is 18.9 Å². The molecule has 2 N–H and O–H groups in total. The van der Waals surface area contributed by atoms with Gasteiger partial charge in [-0.15, -0.1) is 0 Å². The SMILES string of the molecule is COc1ccc2c(c1)CCC(SCCS(C)(=O)=O)C2N. The molecule has 6 heteroatoms. The third kappa shape index (κ3) is 3.90. The number of nitrogens with two attached hydrogens (primary N) is 1. The summed E-state index contributed by atoms with van der Waals surface area (Å²) in [5.41, 5.74) is 8.73. The van der Waals surface area contributed by atoms with E-state index in [0.29, 0.717) is 5.75 Å². The lowest BCUT2D eigenvalue weighted by Crippen LogP contribution is -2.30. The van der Waals surface area contributed by atoms with Gasteiger partial charge in [0.25, 0.3) is 0 Å². The Morgan fingerprint density at radius 1 is 1.45 bits per heavy atom. The van der Waals surface area contributed by atoms with Crippen molar-refractivity contribution in [2.45, 2.75) is 24.1 Å². The molecule has 2 rings (SSSR count). The molecule has 2 unspecified atom stereocenters. The van der Waals surface area contributed by atoms with Crippen molar-refractivity contribution in [3.05, 3.63) is 29.3 Å². The topological polar surface area (TPSA) is 69.4 Å². The Kier molecular flexibility index (Phi) is 4.99. The molecule has 1 aromatic rings. The standard InChI is InChI=1S/C14H21NO3S2/c1-18-11-4-5-12-10(9-11)3-6-13(14(12)15)19-7-8-20(2,16)17/h4-5,9,13-14H,3,6-8,15H2,1-2H3. The normalized spacial score (nSPS) is 22.4. The molecule has 1 aliphatic rings. The summed E-state index contributed by atoms with van der Waals surface area (Å²) in [5, 5.41) is 0.289. The molecule has 0 aromatic heterocycles. The average Bonchev–Trinajstić information content (AvgIpc) is 2.39. The second-order valence-corrected chi connectivity index (χ2v) is 8.78. The second kappa shape index (κ2) is 6.37. The number of methoxy groups -OCH3 is 1. The van der Waals surface area contributed by atoms with Crippen LogP contribution in [0.25, 0.3) is 0 Å². The Morgan fingerprint density at radius 2 is 2.20 bits per heavy atom. The van der Waals surface area contributed by atoms with Gasteiger partial charge in [-0.2, -0.15) is 11.8 Å². The van der Waals surface area contributed by atoms with E-state index in [4.69, 9.17) is 10.5 Å². The molecular weight excluding hydrogens is 294 g/mol. The van der Waals surface area contributed by atoms with Crippen molar-refractivity contribution < 1.29 is 13.2 Å². The molecule has 0 bridgehead atoms. The highest BCUT2D eigenvalue weighted by atomic mass is 32.2. The van der Waals surface area contributed by atoms with Crippen LogP contribution in [0.5, 0.6) is 5.75 Å². The molecule has 0 radical (unpaired) electrons. The minimum atomic E-state index is -2.89. The van der Waals surface area contributed by atoms with Crippen LogP contribution in [-0.2, 0) is 16.3 Å². The Hall–Kier alpha value is -0.720. The van der Waals surface area contributed by atoms with Crippen molar-refractivity contribution in [1.29, 1.82) is 0 Å². The van der Waals surface area contributed by atoms with Crippen molar-refractivity contribution in [3.63, 3.8) is 0 Å². The lowest BCUT2D eigenvalue weighted by Gasteiger charge is -2.30. The lowest BCUT2D eigenvalue weighted by atomic mass is 9.87. The number of benzene rings is 1. The Balaban J connectivity index is 2.02. The number of aryl methyl sites for hydroxylation is 1. The van der Waals surface area contributed by atoms with Crippen molar-refractivity contribution in [1.82, 2.24) is 0 Å². The zero-order valence-corrected chi connectivity index (χ0v) is 13.5. The quantitative estimate of drug-likeness (QED) is 0.897. The molecule has 0 spiro atoms. The maximum Gasteiger partial charge on any atom is 0.148 e. The van der Waals surface area contributed by atoms with Crippen LogP contribution in [0.3, 0.4) is 0 Å². The van der Waals surface area contributed by atoms with Gasteiger partial charge in [-0.3, -0.25) is 0 Å². The Labute approximate surface area is 125 Å². The van der Waals surface area contributed by atoms with Crippen LogP contribution in [0.2, 0.25) is 0 Å². The van der Waals surface area contributed by atoms with E-state index < -0.39 is 9.84 Å². The van der Waals surface area contributed by atoms with E-state index in [9.17, 15) is 8.42 Å². The van der Waals surface area contributed by atoms with Gasteiger partial charge in [0.2, 0.25) is 0 Å². The van der Waals surface area contributed by atoms with Gasteiger partial charge >= 0.3 is 0 Å². The molecule has 0 saturated carbocycles. The molecule has 4 nitrogen and oxygen atoms in total. The third-order valence-electron chi connectivity index (χ3n) is 3.59. The van der Waals surface area contributed by atoms with Crippen LogP contribution in [0.15, 0.2) is 18.2 Å². The third-order valence-corrected chi connectivity index (χ3v) is 6.20. The van der Waals surface area contributed by atoms with Crippen LogP contribution in [-0.4, -0.2) is 38.5 Å². The van der Waals surface area contributed by atoms with Gasteiger partial charge in [-0.05, 0) is 36.1 Å². The van der Waals surface area contributed by atoms with Gasteiger partial charge < -0.3 is 10.5 Å². The zero-order chi connectivity index (χ0) is 14.8. The van der Waals surface area contributed by atoms with E-state index in [2.05, 4.69) is 0 Å². The summed E-state index contributed by atoms with van der Waals surface area (Å²) in [6.07, 6.45) is 3.22. The Morgan fingerprint density at radius 3 is 2.85 bits per heavy atom. The van der Waals surface area contributed by atoms with Gasteiger partial charge in [0.1, 0.15) is 15.6 Å². The highest BCUT2D eigenvalue weighted by molar-refractivity contribution is 8.01. The van der Waals surface area contributed by atoms with Gasteiger partial charge in [-0.1, -0.05) is 6.07 Å². The molecule has 0 amide bonds. The molecule has 0 heterocycles. The monoisotopic (exact) mass is 315 g/mol. The van der Waals surface area contributed by atoms with Crippen LogP contribution >= 0.6 is 11.8 Å². The molecule has 20 heavy (non-hydrogen) atoms. The first-order valence-corrected chi connectivity index (χ1v) is 9.73. The first kappa shape index (κ1) is 15.7. The fraction of sp³-hybridized carbons (Fsp3) is 0.571. The second-order valence-electron chi connectivity index (χ2n) is 5.17. The van der Waals surface area contributed by atoms with Gasteiger partial charge in [-0.25, -0.2) is 8.42 Å². The predicted molar refractivity (Wildman–Crippen MR) is 84.2 cm³/mol. The van der Waals surface area contributed by atoms with Crippen molar-refractivity contribution in [2.75, 3.05) is 24.9 Å². The highest BCUT2D eigenvalue weighted by Crippen LogP contribution is 2.36. The van der Waals surface area contributed by atoms with E-state index in [0.717, 1.165) is 24.2 Å². The maximum absolute atomic E-state index is 11.2. The Bertz CT molecular complexity index is 572. The number of hydrogen-bond acceptors (Lipinski definition) is 5. The molecular formula is C14H21NO3S2. The molecule has 0 saturated heterocycles. The summed E-state index contributed by atoms with van der Waals surface area (Å²) in [6.45, 7) is 0. The number of fused-ring (bicyclic) bond motifs is 1. The first-order chi connectivity index (χ1) is 9.40. The summed E-state index contributed by atoms with van der Waals surface area (Å²) in [6, 6.07) is 5.98. The van der Waals surface area contributed by atoms with Crippen LogP contribution in [0, 0.1) is 0 Å². The minimum absolute atomic E-state index is 0.0331. The van der Waals surface area contributed by atoms with Crippen molar-refractivity contribution >= 4 is 21.6 Å². The highest BCUT2D eigenvalue weighted by Gasteiger charge is 2.27. The van der Waals surface area contributed by atoms with E-state index >= 15 is 0 Å². The summed E-state index contributed by atoms with van der Waals surface area (Å²) < 4.78 is 27.6. The fourth-order valence-corrected chi connectivity index (χ4v) is 5.00. The van der Waals surface area contributed by atoms with Gasteiger partial charge in [0, 0.05) is 23.3 Å². The summed E-state index contributed by atoms with van der Waals surface area (Å²) in [5.74, 6) is 1.69. The number of sulfone groups is 1. The summed E-state index contributed by atoms with van der Waals surface area (Å²) >= 11 is 1.67. The largest absolute Gasteiger partial charge is 0.497 e. The van der Waals surface area contributed by atoms with Crippen molar-refractivity contribution in [3.8, 4) is 5.75 Å². The maximum atomic E-state index is 11.2. The first-order valence-electron chi connectivity index (χ1n) is 6.62. The van der Waals surface area contributed by atoms with Crippen LogP contribution < -0.4 is 10.5 Å². The number of thioether (sulfide) groups is 1. The van der Waals surface area contributed by atoms with Crippen LogP contribution in [0.4, 0.5) is 0 Å². The molecule has 0 fully saturated rings. The number of rotatable bonds is 5. The van der Waals surface area contributed by atoms with E-state index in [1.807, 2.05) is 18.2 Å².